The first-order chi connectivity index (χ1) is 56.9. The van der Waals surface area contributed by atoms with Gasteiger partial charge in [-0.25, -0.2) is 38.6 Å². The van der Waals surface area contributed by atoms with E-state index in [4.69, 9.17) is 0 Å². The van der Waals surface area contributed by atoms with Gasteiger partial charge in [-0.15, -0.1) is 15.3 Å². The Morgan fingerprint density at radius 3 is 1.06 bits per heavy atom. The molecule has 12 aromatic rings. The Kier molecular flexibility index (Phi) is 28.7. The van der Waals surface area contributed by atoms with E-state index in [0.29, 0.717) is 129 Å². The molecule has 0 aliphatic carbocycles. The topological polar surface area (TPSA) is 291 Å². The van der Waals surface area contributed by atoms with Crippen molar-refractivity contribution in [2.75, 3.05) is 43.3 Å². The molecule has 1 aliphatic heterocycles. The average molecular weight is 1710 g/mol. The van der Waals surface area contributed by atoms with E-state index in [2.05, 4.69) is 76.2 Å². The first-order valence-corrected chi connectivity index (χ1v) is 40.2. The third-order valence-electron chi connectivity index (χ3n) is 19.0. The molecule has 0 atom stereocenters. The number of likely N-dealkylation sites (tertiary alicyclic amines) is 1. The molecule has 0 bridgehead atoms. The van der Waals surface area contributed by atoms with Crippen LogP contribution >= 0.6 is 34.0 Å². The first kappa shape index (κ1) is 88.8. The maximum atomic E-state index is 13.7. The molecule has 0 radical (unpaired) electrons. The zero-order chi connectivity index (χ0) is 86.5. The van der Waals surface area contributed by atoms with Gasteiger partial charge in [0.15, 0.2) is 32.7 Å². The van der Waals surface area contributed by atoms with E-state index in [1.54, 1.807) is 106 Å². The number of ether oxygens (including phenoxy) is 2. The van der Waals surface area contributed by atoms with Crippen LogP contribution in [0.5, 0.6) is 0 Å². The Bertz CT molecular complexity index is 5700. The fourth-order valence-electron chi connectivity index (χ4n) is 12.7. The van der Waals surface area contributed by atoms with Gasteiger partial charge in [-0.3, -0.25) is 34.7 Å². The van der Waals surface area contributed by atoms with Gasteiger partial charge >= 0.3 is 30.7 Å². The number of thiazole rings is 3. The van der Waals surface area contributed by atoms with Gasteiger partial charge < -0.3 is 14.8 Å². The summed E-state index contributed by atoms with van der Waals surface area (Å²) in [6, 6.07) is 27.1. The zero-order valence-corrected chi connectivity index (χ0v) is 69.2. The van der Waals surface area contributed by atoms with E-state index in [0.717, 1.165) is 91.9 Å². The summed E-state index contributed by atoms with van der Waals surface area (Å²) in [4.78, 5) is 90.2. The smallest absolute Gasteiger partial charge is 0.416 e. The van der Waals surface area contributed by atoms with Crippen molar-refractivity contribution in [3.8, 4) is 48.8 Å². The van der Waals surface area contributed by atoms with E-state index in [9.17, 15) is 68.3 Å². The lowest BCUT2D eigenvalue weighted by Gasteiger charge is -2.17. The van der Waals surface area contributed by atoms with Crippen molar-refractivity contribution >= 4 is 84.8 Å². The Balaban J connectivity index is 0.000000176. The SMILES string of the molecule is CC(=O)Nc1ncc(-c2cn(-c3cc(CC(=O)c4cc(CCC(C)C)cc(C(F)(F)F)c4)ccc3C)nn2)s1.COC(=O)Nc1ncc(-c2cn(-c3cc(CC(=O)c4cc(CCC(C)C)cc(C(F)(F)F)c4)ccc3C)nn2)s1.COC(=O)Nc1ncc(-c2cn(-c3cc(CC(=O)c4cc(CN5CCCC5)cc(C(F)(F)F)c4)ccc3C)nn2)s1. The Hall–Kier alpha value is -12.0. The van der Waals surface area contributed by atoms with Crippen LogP contribution in [0.25, 0.3) is 48.8 Å². The number of carbonyl (C=O) groups excluding carboxylic acids is 6. The molecular weight excluding hydrogens is 1630 g/mol. The molecule has 13 rings (SSSR count). The van der Waals surface area contributed by atoms with Gasteiger partial charge in [-0.1, -0.05) is 114 Å². The van der Waals surface area contributed by atoms with Gasteiger partial charge in [0.05, 0.1) is 81.2 Å². The first-order valence-electron chi connectivity index (χ1n) is 37.8. The number of rotatable bonds is 26. The number of alkyl halides is 9. The molecule has 1 fully saturated rings. The summed E-state index contributed by atoms with van der Waals surface area (Å²) in [7, 11) is 2.51. The standard InChI is InChI=1S/C28H27F3N6O3S.C28H28F3N5O3S.C28H28F3N5O2S/c1-17-5-6-18(11-23(17)37-16-22(34-35-37)25-14-32-26(41-25)33-27(39)40-2)12-24(38)20-9-19(15-36-7-3-4-8-36)10-21(13-20)28(29,30)31;1-16(2)5-7-18-9-20(13-21(10-18)28(29,30)31)24(37)12-19-8-6-17(3)23(11-19)36-15-22(34-35-36)25-14-32-26(40-25)33-27(38)39-4;1-16(2)5-7-19-9-21(13-22(10-19)28(29,30)31)25(38)12-20-8-6-17(3)24(11-20)36-15-23(34-35-36)26-14-32-27(39-26)33-18(4)37/h5-6,9-11,13-14,16H,3-4,7-8,12,15H2,1-2H3,(H,32,33,39);6,8-11,13-16H,5,7,12H2,1-4H3,(H,32,33,38);6,8-11,13-16H,5,7,12H2,1-4H3,(H,32,33,37). The van der Waals surface area contributed by atoms with Gasteiger partial charge in [0.25, 0.3) is 0 Å². The number of ketones is 3. The quantitative estimate of drug-likeness (QED) is 0.0335. The maximum Gasteiger partial charge on any atom is 0.416 e. The molecule has 6 aromatic carbocycles. The number of aromatic nitrogens is 12. The minimum atomic E-state index is -4.55. The summed E-state index contributed by atoms with van der Waals surface area (Å²) in [6.45, 7) is 17.1. The molecule has 3 N–H and O–H groups in total. The molecule has 628 valence electrons. The predicted molar refractivity (Wildman–Crippen MR) is 437 cm³/mol. The van der Waals surface area contributed by atoms with Crippen LogP contribution in [0.4, 0.5) is 64.5 Å². The number of hydrogen-bond acceptors (Lipinski definition) is 21. The average Bonchev–Trinajstić information content (AvgIpc) is 1.27. The highest BCUT2D eigenvalue weighted by Crippen LogP contribution is 2.38. The van der Waals surface area contributed by atoms with Gasteiger partial charge in [-0.2, -0.15) is 39.5 Å². The van der Waals surface area contributed by atoms with E-state index in [-0.39, 0.29) is 41.9 Å². The Labute approximate surface area is 695 Å². The second-order valence-corrected chi connectivity index (χ2v) is 32.5. The number of amides is 3. The van der Waals surface area contributed by atoms with Crippen LogP contribution in [-0.4, -0.2) is 128 Å². The summed E-state index contributed by atoms with van der Waals surface area (Å²) in [6.07, 6.45) is -0.878. The van der Waals surface area contributed by atoms with Crippen molar-refractivity contribution in [2.45, 2.75) is 138 Å². The van der Waals surface area contributed by atoms with Crippen LogP contribution in [0.1, 0.15) is 158 Å². The molecule has 120 heavy (non-hydrogen) atoms. The molecule has 0 spiro atoms. The molecule has 0 unspecified atom stereocenters. The number of Topliss-reactive ketones (excluding diaryl/α,β-unsaturated/α-hetero) is 3. The highest BCUT2D eigenvalue weighted by atomic mass is 32.1. The number of halogens is 9. The molecule has 0 saturated carbocycles. The largest absolute Gasteiger partial charge is 0.453 e. The van der Waals surface area contributed by atoms with Gasteiger partial charge in [0, 0.05) is 68.0 Å². The number of aryl methyl sites for hydroxylation is 5. The van der Waals surface area contributed by atoms with Crippen molar-refractivity contribution in [3.05, 3.63) is 230 Å². The highest BCUT2D eigenvalue weighted by Gasteiger charge is 2.35. The normalized spacial score (nSPS) is 12.4. The van der Waals surface area contributed by atoms with Gasteiger partial charge in [0.1, 0.15) is 17.1 Å². The molecule has 3 amide bonds. The number of carbonyl (C=O) groups is 6. The fraction of sp³-hybridized carbons (Fsp3) is 0.321. The van der Waals surface area contributed by atoms with Crippen LogP contribution < -0.4 is 16.0 Å². The second kappa shape index (κ2) is 38.8. The van der Waals surface area contributed by atoms with Gasteiger partial charge in [-0.05, 0) is 207 Å². The number of hydrogen-bond donors (Lipinski definition) is 3. The lowest BCUT2D eigenvalue weighted by Crippen LogP contribution is -2.19. The van der Waals surface area contributed by atoms with E-state index in [1.165, 1.54) is 55.2 Å². The third kappa shape index (κ3) is 24.1. The summed E-state index contributed by atoms with van der Waals surface area (Å²) in [5.74, 6) is -0.761. The number of nitrogens with zero attached hydrogens (tertiary/aromatic N) is 13. The van der Waals surface area contributed by atoms with Crippen LogP contribution in [-0.2, 0) is 71.4 Å². The minimum Gasteiger partial charge on any atom is -0.453 e. The van der Waals surface area contributed by atoms with Crippen molar-refractivity contribution < 1.29 is 77.8 Å². The van der Waals surface area contributed by atoms with E-state index < -0.39 is 64.8 Å². The zero-order valence-electron chi connectivity index (χ0n) is 66.7. The number of nitrogens with one attached hydrogen (secondary N) is 3. The summed E-state index contributed by atoms with van der Waals surface area (Å²) in [5.41, 5.74) is 7.33. The third-order valence-corrected chi connectivity index (χ3v) is 21.8. The number of methoxy groups -OCH3 is 2. The Morgan fingerprint density at radius 1 is 0.433 bits per heavy atom. The molecule has 24 nitrogen and oxygen atoms in total. The lowest BCUT2D eigenvalue weighted by molar-refractivity contribution is -0.138. The van der Waals surface area contributed by atoms with Gasteiger partial charge in [0.2, 0.25) is 5.91 Å². The summed E-state index contributed by atoms with van der Waals surface area (Å²) < 4.78 is 136. The van der Waals surface area contributed by atoms with E-state index in [1.807, 2.05) is 66.7 Å². The van der Waals surface area contributed by atoms with Crippen LogP contribution in [0, 0.1) is 32.6 Å². The van der Waals surface area contributed by atoms with Crippen molar-refractivity contribution in [1.82, 2.24) is 64.8 Å². The fourth-order valence-corrected chi connectivity index (χ4v) is 15.0. The molecule has 1 aliphatic rings. The second-order valence-electron chi connectivity index (χ2n) is 29.4. The maximum absolute atomic E-state index is 13.7. The number of benzene rings is 6. The Morgan fingerprint density at radius 2 is 0.750 bits per heavy atom. The van der Waals surface area contributed by atoms with Crippen LogP contribution in [0.3, 0.4) is 0 Å². The molecule has 1 saturated heterocycles. The molecule has 7 heterocycles. The minimum absolute atomic E-state index is 0.0420. The van der Waals surface area contributed by atoms with Crippen LogP contribution in [0.2, 0.25) is 0 Å². The van der Waals surface area contributed by atoms with Crippen LogP contribution in [0.15, 0.2) is 146 Å². The van der Waals surface area contributed by atoms with E-state index >= 15 is 0 Å². The monoisotopic (exact) mass is 1710 g/mol. The highest BCUT2D eigenvalue weighted by molar-refractivity contribution is 7.19. The van der Waals surface area contributed by atoms with Crippen molar-refractivity contribution in [1.29, 1.82) is 0 Å². The number of anilines is 3. The predicted octanol–water partition coefficient (Wildman–Crippen LogP) is 19.5. The molecule has 6 aromatic heterocycles. The van der Waals surface area contributed by atoms with Crippen molar-refractivity contribution in [2.24, 2.45) is 11.8 Å². The summed E-state index contributed by atoms with van der Waals surface area (Å²) >= 11 is 3.66. The molecular formula is C84H83F9N16O8S3. The summed E-state index contributed by atoms with van der Waals surface area (Å²) in [5, 5.41) is 34.0. The lowest BCUT2D eigenvalue weighted by atomic mass is 9.95. The van der Waals surface area contributed by atoms with Crippen molar-refractivity contribution in [3.63, 3.8) is 0 Å². The molecule has 36 heteroatoms.